The first kappa shape index (κ1) is 68.5. The second-order valence-corrected chi connectivity index (χ2v) is 22.7. The molecule has 7 amide bonds. The Kier molecular flexibility index (Phi) is 32.3. The van der Waals surface area contributed by atoms with Crippen molar-refractivity contribution >= 4 is 98.0 Å². The third kappa shape index (κ3) is 26.1. The van der Waals surface area contributed by atoms with Gasteiger partial charge in [0.05, 0.1) is 37.1 Å². The van der Waals surface area contributed by atoms with Crippen molar-refractivity contribution in [2.24, 2.45) is 64.4 Å². The van der Waals surface area contributed by atoms with Crippen LogP contribution in [0.3, 0.4) is 0 Å². The Hall–Kier alpha value is -5.47. The summed E-state index contributed by atoms with van der Waals surface area (Å²) in [5.41, 5.74) is 22.8. The molecule has 11 atom stereocenters. The third-order valence-electron chi connectivity index (χ3n) is 13.4. The molecular formula is C50H83N9O15S2. The number of hydrogen-bond donors (Lipinski definition) is 11. The SMILES string of the molecule is CCC(C)C1CC(=O)C(C(C)CC)NC(=O)C(CC(C)C)CC(=O)CNC(=O)C(N)CSSCC(C(=O)O)NC(=O)C(CCC(=O)O)CC(=O)C(CC(N)=O)NC(=O)C(CCCCN)CC(=O)C(CCC(N)=O)NC1=O. The van der Waals surface area contributed by atoms with E-state index in [-0.39, 0.29) is 68.9 Å². The fourth-order valence-electron chi connectivity index (χ4n) is 8.39. The molecule has 1 rings (SSSR count). The maximum atomic E-state index is 14.4. The van der Waals surface area contributed by atoms with Gasteiger partial charge in [0.25, 0.3) is 0 Å². The van der Waals surface area contributed by atoms with Gasteiger partial charge in [-0.3, -0.25) is 57.5 Å². The number of hydrogen-bond acceptors (Lipinski definition) is 17. The van der Waals surface area contributed by atoms with Crippen molar-refractivity contribution in [3.8, 4) is 0 Å². The third-order valence-corrected chi connectivity index (χ3v) is 15.8. The number of unbranched alkanes of at least 4 members (excludes halogenated alkanes) is 1. The van der Waals surface area contributed by atoms with Gasteiger partial charge < -0.3 is 59.7 Å². The Bertz CT molecular complexity index is 2050. The summed E-state index contributed by atoms with van der Waals surface area (Å²) in [7, 11) is 1.89. The molecule has 76 heavy (non-hydrogen) atoms. The molecule has 26 heteroatoms. The highest BCUT2D eigenvalue weighted by Crippen LogP contribution is 2.27. The number of carboxylic acids is 2. The van der Waals surface area contributed by atoms with Crippen LogP contribution in [-0.2, 0) is 62.3 Å². The smallest absolute Gasteiger partial charge is 0.327 e. The molecule has 1 fully saturated rings. The molecule has 0 saturated carbocycles. The van der Waals surface area contributed by atoms with E-state index in [1.54, 1.807) is 20.8 Å². The first-order valence-corrected chi connectivity index (χ1v) is 28.4. The lowest BCUT2D eigenvalue weighted by molar-refractivity contribution is -0.143. The first-order chi connectivity index (χ1) is 35.6. The summed E-state index contributed by atoms with van der Waals surface area (Å²) in [6.07, 6.45) is -2.94. The molecule has 1 heterocycles. The van der Waals surface area contributed by atoms with Crippen LogP contribution in [0.15, 0.2) is 0 Å². The second-order valence-electron chi connectivity index (χ2n) is 20.1. The van der Waals surface area contributed by atoms with Crippen molar-refractivity contribution in [3.05, 3.63) is 0 Å². The van der Waals surface area contributed by atoms with Gasteiger partial charge in [-0.25, -0.2) is 4.79 Å². The van der Waals surface area contributed by atoms with Gasteiger partial charge in [-0.1, -0.05) is 82.4 Å². The van der Waals surface area contributed by atoms with Crippen LogP contribution in [0.5, 0.6) is 0 Å². The molecule has 1 saturated heterocycles. The van der Waals surface area contributed by atoms with Crippen molar-refractivity contribution < 1.29 is 72.5 Å². The lowest BCUT2D eigenvalue weighted by Gasteiger charge is -2.30. The van der Waals surface area contributed by atoms with Gasteiger partial charge >= 0.3 is 11.9 Å². The minimum atomic E-state index is -1.71. The maximum Gasteiger partial charge on any atom is 0.327 e. The number of rotatable bonds is 19. The average Bonchev–Trinajstić information content (AvgIpc) is 3.34. The highest BCUT2D eigenvalue weighted by atomic mass is 33.1. The van der Waals surface area contributed by atoms with E-state index >= 15 is 0 Å². The Morgan fingerprint density at radius 1 is 0.618 bits per heavy atom. The Morgan fingerprint density at radius 2 is 1.18 bits per heavy atom. The summed E-state index contributed by atoms with van der Waals surface area (Å²) in [5, 5.41) is 32.2. The quantitative estimate of drug-likeness (QED) is 0.0617. The molecule has 24 nitrogen and oxygen atoms in total. The van der Waals surface area contributed by atoms with Gasteiger partial charge in [-0.05, 0) is 56.4 Å². The van der Waals surface area contributed by atoms with Crippen molar-refractivity contribution in [3.63, 3.8) is 0 Å². The van der Waals surface area contributed by atoms with Crippen LogP contribution in [0.25, 0.3) is 0 Å². The fourth-order valence-corrected chi connectivity index (χ4v) is 10.7. The highest BCUT2D eigenvalue weighted by Gasteiger charge is 2.38. The van der Waals surface area contributed by atoms with Crippen molar-refractivity contribution in [2.75, 3.05) is 24.6 Å². The van der Waals surface area contributed by atoms with Gasteiger partial charge in [0, 0.05) is 73.7 Å². The van der Waals surface area contributed by atoms with Crippen LogP contribution >= 0.6 is 21.6 Å². The molecular weight excluding hydrogens is 1030 g/mol. The number of nitrogens with two attached hydrogens (primary N) is 4. The van der Waals surface area contributed by atoms with E-state index < -0.39 is 181 Å². The lowest BCUT2D eigenvalue weighted by Crippen LogP contribution is -2.51. The van der Waals surface area contributed by atoms with E-state index in [0.717, 1.165) is 21.6 Å². The molecule has 0 spiro atoms. The molecule has 15 N–H and O–H groups in total. The first-order valence-electron chi connectivity index (χ1n) is 26.0. The molecule has 0 aromatic carbocycles. The number of ketones is 4. The summed E-state index contributed by atoms with van der Waals surface area (Å²) < 4.78 is 0. The van der Waals surface area contributed by atoms with Crippen LogP contribution in [-0.4, -0.2) is 141 Å². The van der Waals surface area contributed by atoms with Crippen molar-refractivity contribution in [1.82, 2.24) is 26.6 Å². The summed E-state index contributed by atoms with van der Waals surface area (Å²) in [6.45, 7) is 10.5. The number of primary amides is 2. The highest BCUT2D eigenvalue weighted by molar-refractivity contribution is 8.76. The van der Waals surface area contributed by atoms with E-state index in [9.17, 15) is 72.5 Å². The Balaban J connectivity index is 3.95. The zero-order valence-corrected chi connectivity index (χ0v) is 46.3. The number of carbonyl (C=O) groups excluding carboxylic acids is 11. The molecule has 0 aromatic rings. The predicted molar refractivity (Wildman–Crippen MR) is 284 cm³/mol. The van der Waals surface area contributed by atoms with Crippen LogP contribution in [0.1, 0.15) is 138 Å². The molecule has 0 aliphatic carbocycles. The van der Waals surface area contributed by atoms with Crippen LogP contribution < -0.4 is 49.5 Å². The zero-order chi connectivity index (χ0) is 57.8. The summed E-state index contributed by atoms with van der Waals surface area (Å²) >= 11 is 0. The zero-order valence-electron chi connectivity index (χ0n) is 44.7. The molecule has 0 bridgehead atoms. The Labute approximate surface area is 452 Å². The van der Waals surface area contributed by atoms with Crippen LogP contribution in [0.2, 0.25) is 0 Å². The normalized spacial score (nSPS) is 26.3. The fraction of sp³-hybridized carbons (Fsp3) is 0.740. The lowest BCUT2D eigenvalue weighted by atomic mass is 9.82. The van der Waals surface area contributed by atoms with Gasteiger partial charge in [0.2, 0.25) is 41.4 Å². The largest absolute Gasteiger partial charge is 0.481 e. The molecule has 11 unspecified atom stereocenters. The summed E-state index contributed by atoms with van der Waals surface area (Å²) in [6, 6.07) is -7.05. The van der Waals surface area contributed by atoms with Gasteiger partial charge in [0.1, 0.15) is 6.04 Å². The summed E-state index contributed by atoms with van der Waals surface area (Å²) in [4.78, 5) is 174. The minimum Gasteiger partial charge on any atom is -0.481 e. The second kappa shape index (κ2) is 35.8. The number of amides is 7. The van der Waals surface area contributed by atoms with Gasteiger partial charge in [0.15, 0.2) is 23.1 Å². The number of carbonyl (C=O) groups is 13. The van der Waals surface area contributed by atoms with Gasteiger partial charge in [-0.15, -0.1) is 0 Å². The number of aliphatic carboxylic acids is 2. The topological polar surface area (TPSA) is 427 Å². The van der Waals surface area contributed by atoms with E-state index in [0.29, 0.717) is 19.3 Å². The molecule has 1 aliphatic rings. The van der Waals surface area contributed by atoms with Crippen molar-refractivity contribution in [2.45, 2.75) is 168 Å². The van der Waals surface area contributed by atoms with E-state index in [4.69, 9.17) is 22.9 Å². The summed E-state index contributed by atoms with van der Waals surface area (Å²) in [5.74, 6) is -17.6. The molecule has 1 aliphatic heterocycles. The van der Waals surface area contributed by atoms with Crippen LogP contribution in [0, 0.1) is 41.4 Å². The van der Waals surface area contributed by atoms with E-state index in [2.05, 4.69) is 26.6 Å². The number of carboxylic acid groups (broad SMARTS) is 2. The van der Waals surface area contributed by atoms with Crippen LogP contribution in [0.4, 0.5) is 0 Å². The average molecular weight is 1110 g/mol. The Morgan fingerprint density at radius 3 is 1.74 bits per heavy atom. The standard InChI is InChI=1S/C50H83N9O15S2/c1-7-27(5)33-21-40(63)44(28(6)8-2)59-47(70)31(17-26(3)4)18-32(60)23-55-49(72)34(52)24-75-76-25-37(50(73)74)58-46(69)30(12-15-43(66)67)20-39(62)36(22-42(54)65)57-45(68)29(11-9-10-16-51)19-38(61)35(56-48(33)71)13-14-41(53)64/h26-31,33-37,44H,7-25,51-52H2,1-6H3,(H2,53,64)(H2,54,65)(H,55,72)(H,56,71)(H,57,68)(H,58,69)(H,59,70)(H,66,67)(H,73,74). The van der Waals surface area contributed by atoms with Crippen molar-refractivity contribution in [1.29, 1.82) is 0 Å². The monoisotopic (exact) mass is 1110 g/mol. The molecule has 0 aromatic heterocycles. The minimum absolute atomic E-state index is 0.00268. The number of nitrogens with one attached hydrogen (secondary N) is 5. The van der Waals surface area contributed by atoms with E-state index in [1.807, 2.05) is 20.8 Å². The molecule has 430 valence electrons. The van der Waals surface area contributed by atoms with Gasteiger partial charge in [-0.2, -0.15) is 0 Å². The number of Topliss-reactive ketones (excluding diaryl/α,β-unsaturated/α-hetero) is 4. The predicted octanol–water partition coefficient (Wildman–Crippen LogP) is 0.423. The molecule has 0 radical (unpaired) electrons. The maximum absolute atomic E-state index is 14.4. The van der Waals surface area contributed by atoms with E-state index in [1.165, 1.54) is 0 Å².